The SMILES string of the molecule is O=C(O)c1ccc(NC(=O)c2cccc(N3C(=O)[C@@H]4[C@@H](C3=O)C3c5ccccc5C4(Br)c4ccccc43)c2)cc1. The van der Waals surface area contributed by atoms with Gasteiger partial charge in [0.15, 0.2) is 0 Å². The van der Waals surface area contributed by atoms with Gasteiger partial charge in [-0.05, 0) is 64.7 Å². The van der Waals surface area contributed by atoms with Crippen LogP contribution in [0, 0.1) is 11.8 Å². The Kier molecular flexibility index (Phi) is 5.34. The van der Waals surface area contributed by atoms with Crippen LogP contribution in [0.1, 0.15) is 48.9 Å². The summed E-state index contributed by atoms with van der Waals surface area (Å²) in [6.45, 7) is 0. The molecular formula is C32H21BrN2O5. The van der Waals surface area contributed by atoms with Crippen LogP contribution in [0.2, 0.25) is 0 Å². The maximum atomic E-state index is 14.2. The van der Waals surface area contributed by atoms with Crippen LogP contribution in [-0.2, 0) is 13.9 Å². The molecule has 3 amide bonds. The highest BCUT2D eigenvalue weighted by Crippen LogP contribution is 2.66. The molecule has 0 unspecified atom stereocenters. The van der Waals surface area contributed by atoms with Crippen LogP contribution < -0.4 is 10.2 Å². The molecule has 8 heteroatoms. The van der Waals surface area contributed by atoms with E-state index in [0.717, 1.165) is 22.3 Å². The number of nitrogens with zero attached hydrogens (tertiary/aromatic N) is 1. The molecule has 2 N–H and O–H groups in total. The lowest BCUT2D eigenvalue weighted by molar-refractivity contribution is -0.122. The van der Waals surface area contributed by atoms with Crippen LogP contribution in [-0.4, -0.2) is 28.8 Å². The van der Waals surface area contributed by atoms with Crippen molar-refractivity contribution in [2.24, 2.45) is 11.8 Å². The van der Waals surface area contributed by atoms with Gasteiger partial charge in [-0.1, -0.05) is 70.5 Å². The maximum Gasteiger partial charge on any atom is 0.335 e. The topological polar surface area (TPSA) is 104 Å². The zero-order valence-corrected chi connectivity index (χ0v) is 22.5. The molecule has 2 bridgehead atoms. The number of alkyl halides is 1. The van der Waals surface area contributed by atoms with E-state index in [-0.39, 0.29) is 28.9 Å². The maximum absolute atomic E-state index is 14.2. The Morgan fingerprint density at radius 1 is 0.775 bits per heavy atom. The van der Waals surface area contributed by atoms with Gasteiger partial charge < -0.3 is 10.4 Å². The third-order valence-corrected chi connectivity index (χ3v) is 9.62. The van der Waals surface area contributed by atoms with Crippen molar-refractivity contribution >= 4 is 51.0 Å². The Morgan fingerprint density at radius 2 is 1.40 bits per heavy atom. The first kappa shape index (κ1) is 24.5. The van der Waals surface area contributed by atoms with Crippen molar-refractivity contribution in [3.63, 3.8) is 0 Å². The Labute approximate surface area is 237 Å². The van der Waals surface area contributed by atoms with E-state index >= 15 is 0 Å². The van der Waals surface area contributed by atoms with E-state index in [1.54, 1.807) is 18.2 Å². The molecule has 4 aromatic carbocycles. The van der Waals surface area contributed by atoms with Gasteiger partial charge in [-0.2, -0.15) is 0 Å². The molecule has 1 saturated heterocycles. The predicted octanol–water partition coefficient (Wildman–Crippen LogP) is 5.54. The molecule has 3 aliphatic carbocycles. The number of nitrogens with one attached hydrogen (secondary N) is 1. The fraction of sp³-hybridized carbons (Fsp3) is 0.125. The second-order valence-corrected chi connectivity index (χ2v) is 11.5. The minimum atomic E-state index is -1.06. The molecule has 2 atom stereocenters. The van der Waals surface area contributed by atoms with E-state index < -0.39 is 28.0 Å². The summed E-state index contributed by atoms with van der Waals surface area (Å²) < 4.78 is -0.849. The smallest absolute Gasteiger partial charge is 0.335 e. The Morgan fingerprint density at radius 3 is 2.02 bits per heavy atom. The second kappa shape index (κ2) is 8.72. The monoisotopic (exact) mass is 592 g/mol. The molecular weight excluding hydrogens is 572 g/mol. The number of carboxylic acid groups (broad SMARTS) is 1. The summed E-state index contributed by atoms with van der Waals surface area (Å²) in [5.41, 5.74) is 5.23. The molecule has 196 valence electrons. The quantitative estimate of drug-likeness (QED) is 0.239. The summed E-state index contributed by atoms with van der Waals surface area (Å²) in [5, 5.41) is 11.8. The molecule has 4 aromatic rings. The average Bonchev–Trinajstić information content (AvgIpc) is 3.24. The number of benzene rings is 4. The number of halogens is 1. The largest absolute Gasteiger partial charge is 0.478 e. The number of hydrogen-bond acceptors (Lipinski definition) is 4. The lowest BCUT2D eigenvalue weighted by Crippen LogP contribution is -2.50. The number of hydrogen-bond donors (Lipinski definition) is 2. The van der Waals surface area contributed by atoms with E-state index in [9.17, 15) is 19.2 Å². The summed E-state index contributed by atoms with van der Waals surface area (Å²) >= 11 is 3.99. The van der Waals surface area contributed by atoms with E-state index in [4.69, 9.17) is 5.11 Å². The molecule has 1 heterocycles. The Balaban J connectivity index is 1.25. The molecule has 0 saturated carbocycles. The van der Waals surface area contributed by atoms with Crippen molar-refractivity contribution in [3.8, 4) is 0 Å². The molecule has 4 aliphatic rings. The number of anilines is 2. The van der Waals surface area contributed by atoms with E-state index in [2.05, 4.69) is 21.2 Å². The standard InChI is InChI=1S/C32H21BrN2O5/c33-32-23-10-3-1-8-21(23)25(22-9-2-4-11-24(22)32)26-27(32)30(38)35(29(26)37)20-7-5-6-18(16-20)28(36)34-19-14-12-17(13-15-19)31(39)40/h1-16,25-27H,(H,34,36)(H,39,40)/t25?,26-,27-,32?/m0/s1. The number of amides is 3. The molecule has 0 radical (unpaired) electrons. The van der Waals surface area contributed by atoms with Crippen molar-refractivity contribution in [1.29, 1.82) is 0 Å². The van der Waals surface area contributed by atoms with Crippen molar-refractivity contribution in [3.05, 3.63) is 130 Å². The van der Waals surface area contributed by atoms with Gasteiger partial charge in [0, 0.05) is 17.2 Å². The molecule has 1 fully saturated rings. The van der Waals surface area contributed by atoms with Crippen molar-refractivity contribution in [2.45, 2.75) is 10.2 Å². The first-order valence-corrected chi connectivity index (χ1v) is 13.6. The number of carboxylic acids is 1. The summed E-state index contributed by atoms with van der Waals surface area (Å²) in [4.78, 5) is 53.6. The molecule has 7 nitrogen and oxygen atoms in total. The highest BCUT2D eigenvalue weighted by atomic mass is 79.9. The van der Waals surface area contributed by atoms with Crippen LogP contribution in [0.25, 0.3) is 0 Å². The lowest BCUT2D eigenvalue weighted by Gasteiger charge is -2.51. The van der Waals surface area contributed by atoms with Crippen molar-refractivity contribution in [1.82, 2.24) is 0 Å². The van der Waals surface area contributed by atoms with Crippen LogP contribution in [0.3, 0.4) is 0 Å². The Hall–Kier alpha value is -4.56. The number of imide groups is 1. The van der Waals surface area contributed by atoms with Gasteiger partial charge in [-0.25, -0.2) is 9.69 Å². The first-order chi connectivity index (χ1) is 19.3. The van der Waals surface area contributed by atoms with Gasteiger partial charge in [-0.15, -0.1) is 0 Å². The van der Waals surface area contributed by atoms with E-state index in [0.29, 0.717) is 11.4 Å². The summed E-state index contributed by atoms with van der Waals surface area (Å²) in [5.74, 6) is -3.56. The van der Waals surface area contributed by atoms with Gasteiger partial charge >= 0.3 is 5.97 Å². The molecule has 1 aliphatic heterocycles. The van der Waals surface area contributed by atoms with Gasteiger partial charge in [0.05, 0.1) is 27.4 Å². The third kappa shape index (κ3) is 3.29. The fourth-order valence-electron chi connectivity index (χ4n) is 6.62. The van der Waals surface area contributed by atoms with Crippen LogP contribution in [0.5, 0.6) is 0 Å². The third-order valence-electron chi connectivity index (χ3n) is 8.27. The number of carbonyl (C=O) groups is 4. The van der Waals surface area contributed by atoms with Gasteiger partial charge in [0.1, 0.15) is 0 Å². The van der Waals surface area contributed by atoms with E-state index in [1.165, 1.54) is 35.2 Å². The van der Waals surface area contributed by atoms with Crippen LogP contribution in [0.4, 0.5) is 11.4 Å². The number of aromatic carboxylic acids is 1. The average molecular weight is 593 g/mol. The first-order valence-electron chi connectivity index (χ1n) is 12.8. The zero-order chi connectivity index (χ0) is 27.8. The number of rotatable bonds is 4. The lowest BCUT2D eigenvalue weighted by atomic mass is 9.55. The summed E-state index contributed by atoms with van der Waals surface area (Å²) in [6, 6.07) is 28.2. The zero-order valence-electron chi connectivity index (χ0n) is 20.9. The van der Waals surface area contributed by atoms with Crippen LogP contribution in [0.15, 0.2) is 97.1 Å². The van der Waals surface area contributed by atoms with Gasteiger partial charge in [-0.3, -0.25) is 14.4 Å². The van der Waals surface area contributed by atoms with Crippen molar-refractivity contribution in [2.75, 3.05) is 10.2 Å². The minimum absolute atomic E-state index is 0.107. The Bertz CT molecular complexity index is 1720. The molecule has 8 rings (SSSR count). The molecule has 0 aromatic heterocycles. The molecule has 0 spiro atoms. The predicted molar refractivity (Wildman–Crippen MR) is 152 cm³/mol. The molecule has 40 heavy (non-hydrogen) atoms. The normalized spacial score (nSPS) is 23.8. The summed E-state index contributed by atoms with van der Waals surface area (Å²) in [7, 11) is 0. The highest BCUT2D eigenvalue weighted by Gasteiger charge is 2.67. The minimum Gasteiger partial charge on any atom is -0.478 e. The van der Waals surface area contributed by atoms with Crippen molar-refractivity contribution < 1.29 is 24.3 Å². The number of carbonyl (C=O) groups excluding carboxylic acids is 3. The van der Waals surface area contributed by atoms with Gasteiger partial charge in [0.2, 0.25) is 11.8 Å². The fourth-order valence-corrected chi connectivity index (χ4v) is 7.82. The highest BCUT2D eigenvalue weighted by molar-refractivity contribution is 9.09. The second-order valence-electron chi connectivity index (χ2n) is 10.3. The van der Waals surface area contributed by atoms with Gasteiger partial charge in [0.25, 0.3) is 5.91 Å². The summed E-state index contributed by atoms with van der Waals surface area (Å²) in [6.07, 6.45) is 0. The van der Waals surface area contributed by atoms with E-state index in [1.807, 2.05) is 48.5 Å². The van der Waals surface area contributed by atoms with Crippen LogP contribution >= 0.6 is 15.9 Å².